The van der Waals surface area contributed by atoms with Crippen LogP contribution in [0.1, 0.15) is 12.2 Å². The highest BCUT2D eigenvalue weighted by Crippen LogP contribution is 2.23. The molecule has 0 saturated carbocycles. The van der Waals surface area contributed by atoms with Gasteiger partial charge in [-0.2, -0.15) is 0 Å². The molecule has 1 N–H and O–H groups in total. The minimum Gasteiger partial charge on any atom is -0.360 e. The van der Waals surface area contributed by atoms with Gasteiger partial charge in [0.1, 0.15) is 17.4 Å². The number of nitrogens with zero attached hydrogens (tertiary/aromatic N) is 1. The molecule has 1 heterocycles. The summed E-state index contributed by atoms with van der Waals surface area (Å²) in [6, 6.07) is 4.82. The molecule has 0 unspecified atom stereocenters. The predicted octanol–water partition coefficient (Wildman–Crippen LogP) is 3.38. The maximum atomic E-state index is 13.3. The third-order valence-corrected chi connectivity index (χ3v) is 3.41. The second-order valence-corrected chi connectivity index (χ2v) is 5.18. The van der Waals surface area contributed by atoms with E-state index in [0.717, 1.165) is 30.0 Å². The lowest BCUT2D eigenvalue weighted by molar-refractivity contribution is -0.115. The number of nitrogens with one attached hydrogen (secondary N) is 1. The maximum absolute atomic E-state index is 13.3. The Bertz CT molecular complexity index is 616. The third-order valence-electron chi connectivity index (χ3n) is 2.38. The molecule has 20 heavy (non-hydrogen) atoms. The first kappa shape index (κ1) is 14.5. The number of anilines is 1. The first-order chi connectivity index (χ1) is 9.54. The van der Waals surface area contributed by atoms with Gasteiger partial charge in [0.25, 0.3) is 0 Å². The second-order valence-electron chi connectivity index (χ2n) is 4.04. The smallest absolute Gasteiger partial charge is 0.226 e. The van der Waals surface area contributed by atoms with Crippen molar-refractivity contribution >= 4 is 23.5 Å². The summed E-state index contributed by atoms with van der Waals surface area (Å²) in [4.78, 5) is 11.8. The minimum absolute atomic E-state index is 0.159. The van der Waals surface area contributed by atoms with Crippen molar-refractivity contribution in [2.24, 2.45) is 0 Å². The van der Waals surface area contributed by atoms with Gasteiger partial charge in [-0.25, -0.2) is 8.78 Å². The first-order valence-electron chi connectivity index (χ1n) is 5.85. The molecule has 2 aromatic rings. The Morgan fingerprint density at radius 2 is 2.20 bits per heavy atom. The lowest BCUT2D eigenvalue weighted by atomic mass is 10.3. The Morgan fingerprint density at radius 3 is 2.90 bits per heavy atom. The number of aryl methyl sites for hydroxylation is 1. The predicted molar refractivity (Wildman–Crippen MR) is 71.6 cm³/mol. The van der Waals surface area contributed by atoms with E-state index in [1.54, 1.807) is 13.0 Å². The van der Waals surface area contributed by atoms with Gasteiger partial charge in [-0.15, -0.1) is 11.8 Å². The molecule has 0 atom stereocenters. The van der Waals surface area contributed by atoms with Crippen LogP contribution in [0.2, 0.25) is 0 Å². The normalized spacial score (nSPS) is 10.6. The van der Waals surface area contributed by atoms with Gasteiger partial charge in [0.05, 0.1) is 0 Å². The number of carbonyl (C=O) groups excluding carboxylic acids is 1. The molecule has 0 aliphatic rings. The van der Waals surface area contributed by atoms with E-state index in [1.807, 2.05) is 0 Å². The van der Waals surface area contributed by atoms with Gasteiger partial charge in [-0.3, -0.25) is 4.79 Å². The van der Waals surface area contributed by atoms with Crippen LogP contribution in [0.4, 0.5) is 14.6 Å². The number of rotatable bonds is 5. The molecule has 2 rings (SSSR count). The van der Waals surface area contributed by atoms with Crippen LogP contribution in [0, 0.1) is 18.6 Å². The van der Waals surface area contributed by atoms with Crippen LogP contribution in [-0.4, -0.2) is 16.8 Å². The second kappa shape index (κ2) is 6.51. The van der Waals surface area contributed by atoms with Gasteiger partial charge in [-0.1, -0.05) is 5.16 Å². The van der Waals surface area contributed by atoms with Crippen molar-refractivity contribution in [3.05, 3.63) is 41.7 Å². The molecule has 4 nitrogen and oxygen atoms in total. The third kappa shape index (κ3) is 4.06. The quantitative estimate of drug-likeness (QED) is 0.860. The number of hydrogen-bond donors (Lipinski definition) is 1. The average Bonchev–Trinajstić information content (AvgIpc) is 2.79. The lowest BCUT2D eigenvalue weighted by Gasteiger charge is -2.03. The molecule has 0 radical (unpaired) electrons. The van der Waals surface area contributed by atoms with Crippen LogP contribution in [0.3, 0.4) is 0 Å². The molecule has 0 aliphatic heterocycles. The number of halogens is 2. The molecule has 0 spiro atoms. The molecule has 0 saturated heterocycles. The van der Waals surface area contributed by atoms with E-state index >= 15 is 0 Å². The van der Waals surface area contributed by atoms with Crippen molar-refractivity contribution in [3.63, 3.8) is 0 Å². The number of thioether (sulfide) groups is 1. The maximum Gasteiger partial charge on any atom is 0.226 e. The Kier molecular flexibility index (Phi) is 4.73. The number of aromatic nitrogens is 1. The Morgan fingerprint density at radius 1 is 1.40 bits per heavy atom. The van der Waals surface area contributed by atoms with Gasteiger partial charge in [0, 0.05) is 23.1 Å². The van der Waals surface area contributed by atoms with Gasteiger partial charge < -0.3 is 9.84 Å². The molecule has 1 aromatic heterocycles. The fourth-order valence-corrected chi connectivity index (χ4v) is 2.38. The number of amides is 1. The number of benzene rings is 1. The van der Waals surface area contributed by atoms with E-state index in [9.17, 15) is 13.6 Å². The van der Waals surface area contributed by atoms with Crippen LogP contribution in [0.15, 0.2) is 33.7 Å². The Labute approximate surface area is 118 Å². The van der Waals surface area contributed by atoms with Crippen molar-refractivity contribution < 1.29 is 18.1 Å². The van der Waals surface area contributed by atoms with Gasteiger partial charge in [0.15, 0.2) is 5.82 Å². The first-order valence-corrected chi connectivity index (χ1v) is 6.84. The molecular weight excluding hydrogens is 286 g/mol. The van der Waals surface area contributed by atoms with E-state index in [2.05, 4.69) is 10.5 Å². The van der Waals surface area contributed by atoms with E-state index in [1.165, 1.54) is 0 Å². The SMILES string of the molecule is Cc1cc(NC(=O)CCSc2cc(F)ccc2F)no1. The highest BCUT2D eigenvalue weighted by Gasteiger charge is 2.08. The minimum atomic E-state index is -0.503. The zero-order valence-electron chi connectivity index (χ0n) is 10.7. The summed E-state index contributed by atoms with van der Waals surface area (Å²) >= 11 is 1.09. The summed E-state index contributed by atoms with van der Waals surface area (Å²) in [5.41, 5.74) is 0. The largest absolute Gasteiger partial charge is 0.360 e. The number of hydrogen-bond acceptors (Lipinski definition) is 4. The van der Waals surface area contributed by atoms with Crippen LogP contribution in [-0.2, 0) is 4.79 Å². The summed E-state index contributed by atoms with van der Waals surface area (Å²) < 4.78 is 31.1. The van der Waals surface area contributed by atoms with Crippen molar-refractivity contribution in [1.29, 1.82) is 0 Å². The topological polar surface area (TPSA) is 55.1 Å². The van der Waals surface area contributed by atoms with Crippen molar-refractivity contribution in [3.8, 4) is 0 Å². The van der Waals surface area contributed by atoms with Crippen molar-refractivity contribution in [2.75, 3.05) is 11.1 Å². The van der Waals surface area contributed by atoms with E-state index in [-0.39, 0.29) is 17.2 Å². The Balaban J connectivity index is 1.80. The van der Waals surface area contributed by atoms with Gasteiger partial charge >= 0.3 is 0 Å². The van der Waals surface area contributed by atoms with Crippen molar-refractivity contribution in [2.45, 2.75) is 18.2 Å². The monoisotopic (exact) mass is 298 g/mol. The molecule has 0 fully saturated rings. The van der Waals surface area contributed by atoms with E-state index < -0.39 is 11.6 Å². The molecule has 106 valence electrons. The molecule has 1 aromatic carbocycles. The lowest BCUT2D eigenvalue weighted by Crippen LogP contribution is -2.12. The highest BCUT2D eigenvalue weighted by atomic mass is 32.2. The zero-order valence-corrected chi connectivity index (χ0v) is 11.5. The molecule has 0 aliphatic carbocycles. The fraction of sp³-hybridized carbons (Fsp3) is 0.231. The summed E-state index contributed by atoms with van der Waals surface area (Å²) in [6.45, 7) is 1.71. The molecule has 0 bridgehead atoms. The van der Waals surface area contributed by atoms with Crippen LogP contribution in [0.25, 0.3) is 0 Å². The average molecular weight is 298 g/mol. The highest BCUT2D eigenvalue weighted by molar-refractivity contribution is 7.99. The number of carbonyl (C=O) groups is 1. The van der Waals surface area contributed by atoms with Gasteiger partial charge in [-0.05, 0) is 25.1 Å². The van der Waals surface area contributed by atoms with Crippen molar-refractivity contribution in [1.82, 2.24) is 5.16 Å². The van der Waals surface area contributed by atoms with E-state index in [4.69, 9.17) is 4.52 Å². The van der Waals surface area contributed by atoms with Crippen LogP contribution in [0.5, 0.6) is 0 Å². The van der Waals surface area contributed by atoms with E-state index in [0.29, 0.717) is 17.3 Å². The van der Waals surface area contributed by atoms with Gasteiger partial charge in [0.2, 0.25) is 5.91 Å². The summed E-state index contributed by atoms with van der Waals surface area (Å²) in [7, 11) is 0. The van der Waals surface area contributed by atoms with Crippen LogP contribution < -0.4 is 5.32 Å². The molecule has 1 amide bonds. The summed E-state index contributed by atoms with van der Waals surface area (Å²) in [5, 5.41) is 6.17. The summed E-state index contributed by atoms with van der Waals surface area (Å²) in [5.74, 6) is 0.0113. The molecular formula is C13H12F2N2O2S. The standard InChI is InChI=1S/C13H12F2N2O2S/c1-8-6-12(17-19-8)16-13(18)4-5-20-11-7-9(14)2-3-10(11)15/h2-3,6-7H,4-5H2,1H3,(H,16,17,18). The fourth-order valence-electron chi connectivity index (χ4n) is 1.47. The van der Waals surface area contributed by atoms with Crippen LogP contribution >= 0.6 is 11.8 Å². The summed E-state index contributed by atoms with van der Waals surface area (Å²) in [6.07, 6.45) is 0.159. The Hall–Kier alpha value is -1.89. The zero-order chi connectivity index (χ0) is 14.5. The molecule has 7 heteroatoms.